The molecule has 2 rings (SSSR count). The van der Waals surface area contributed by atoms with E-state index >= 15 is 0 Å². The third kappa shape index (κ3) is 2.06. The molecule has 0 unspecified atom stereocenters. The normalized spacial score (nSPS) is 10.7. The van der Waals surface area contributed by atoms with Crippen LogP contribution in [0.25, 0.3) is 5.65 Å². The summed E-state index contributed by atoms with van der Waals surface area (Å²) >= 11 is 0. The van der Waals surface area contributed by atoms with Gasteiger partial charge in [0, 0.05) is 12.6 Å². The van der Waals surface area contributed by atoms with Crippen molar-refractivity contribution < 1.29 is 5.11 Å². The number of hydrogen-bond donors (Lipinski definition) is 1. The van der Waals surface area contributed by atoms with Crippen molar-refractivity contribution in [2.45, 2.75) is 20.3 Å². The van der Waals surface area contributed by atoms with Crippen molar-refractivity contribution in [1.29, 1.82) is 0 Å². The van der Waals surface area contributed by atoms with E-state index in [0.717, 1.165) is 11.1 Å². The van der Waals surface area contributed by atoms with Gasteiger partial charge >= 0.3 is 0 Å². The Morgan fingerprint density at radius 3 is 2.94 bits per heavy atom. The van der Waals surface area contributed by atoms with Crippen LogP contribution in [0.3, 0.4) is 0 Å². The van der Waals surface area contributed by atoms with Crippen molar-refractivity contribution in [1.82, 2.24) is 9.38 Å². The standard InChI is InChI=1S/C13H14N2O2/c1-8(2)6-10-12(16)14-11-7-9(3)4-5-15(11)13(10)17/h4-5,7,16H,1,6H2,2-3H3. The summed E-state index contributed by atoms with van der Waals surface area (Å²) in [6.45, 7) is 7.46. The maximum atomic E-state index is 12.1. The summed E-state index contributed by atoms with van der Waals surface area (Å²) in [6, 6.07) is 3.59. The maximum Gasteiger partial charge on any atom is 0.265 e. The Kier molecular flexibility index (Phi) is 2.71. The average Bonchev–Trinajstić information content (AvgIpc) is 2.23. The van der Waals surface area contributed by atoms with Crippen molar-refractivity contribution in [3.8, 4) is 5.88 Å². The zero-order chi connectivity index (χ0) is 12.6. The first-order valence-corrected chi connectivity index (χ1v) is 5.34. The van der Waals surface area contributed by atoms with Crippen LogP contribution in [0, 0.1) is 6.92 Å². The van der Waals surface area contributed by atoms with E-state index in [1.54, 1.807) is 12.3 Å². The first kappa shape index (κ1) is 11.4. The number of aromatic hydroxyl groups is 1. The largest absolute Gasteiger partial charge is 0.493 e. The van der Waals surface area contributed by atoms with Gasteiger partial charge in [-0.1, -0.05) is 12.2 Å². The molecule has 0 amide bonds. The molecule has 0 aliphatic rings. The number of pyridine rings is 1. The van der Waals surface area contributed by atoms with Gasteiger partial charge in [-0.05, 0) is 31.5 Å². The number of allylic oxidation sites excluding steroid dienone is 1. The zero-order valence-corrected chi connectivity index (χ0v) is 9.90. The second-order valence-electron chi connectivity index (χ2n) is 4.29. The second-order valence-corrected chi connectivity index (χ2v) is 4.29. The lowest BCUT2D eigenvalue weighted by Crippen LogP contribution is -2.20. The summed E-state index contributed by atoms with van der Waals surface area (Å²) < 4.78 is 1.44. The van der Waals surface area contributed by atoms with E-state index < -0.39 is 0 Å². The molecule has 88 valence electrons. The predicted octanol–water partition coefficient (Wildman–Crippen LogP) is 1.83. The van der Waals surface area contributed by atoms with Crippen LogP contribution in [-0.2, 0) is 6.42 Å². The predicted molar refractivity (Wildman–Crippen MR) is 66.4 cm³/mol. The molecule has 2 aromatic heterocycles. The molecule has 0 saturated carbocycles. The minimum Gasteiger partial charge on any atom is -0.493 e. The summed E-state index contributed by atoms with van der Waals surface area (Å²) in [6.07, 6.45) is 2.01. The molecule has 0 bridgehead atoms. The highest BCUT2D eigenvalue weighted by atomic mass is 16.3. The van der Waals surface area contributed by atoms with Gasteiger partial charge in [0.15, 0.2) is 0 Å². The number of rotatable bonds is 2. The number of nitrogens with zero attached hydrogens (tertiary/aromatic N) is 2. The Bertz CT molecular complexity index is 656. The summed E-state index contributed by atoms with van der Waals surface area (Å²) in [7, 11) is 0. The van der Waals surface area contributed by atoms with Crippen LogP contribution in [0.1, 0.15) is 18.1 Å². The molecule has 0 spiro atoms. The SMILES string of the molecule is C=C(C)Cc1c(O)nc2cc(C)ccn2c1=O. The van der Waals surface area contributed by atoms with Gasteiger partial charge < -0.3 is 5.11 Å². The van der Waals surface area contributed by atoms with Crippen LogP contribution in [0.4, 0.5) is 0 Å². The average molecular weight is 230 g/mol. The Hall–Kier alpha value is -2.10. The van der Waals surface area contributed by atoms with E-state index in [2.05, 4.69) is 11.6 Å². The number of hydrogen-bond acceptors (Lipinski definition) is 3. The first-order chi connectivity index (χ1) is 7.99. The van der Waals surface area contributed by atoms with Gasteiger partial charge in [0.25, 0.3) is 5.56 Å². The maximum absolute atomic E-state index is 12.1. The van der Waals surface area contributed by atoms with Crippen LogP contribution in [0.15, 0.2) is 35.3 Å². The smallest absolute Gasteiger partial charge is 0.265 e. The van der Waals surface area contributed by atoms with Gasteiger partial charge in [-0.25, -0.2) is 0 Å². The number of aryl methyl sites for hydroxylation is 1. The minimum absolute atomic E-state index is 0.205. The van der Waals surface area contributed by atoms with Gasteiger partial charge in [0.05, 0.1) is 5.56 Å². The lowest BCUT2D eigenvalue weighted by molar-refractivity contribution is 0.446. The van der Waals surface area contributed by atoms with Gasteiger partial charge in [0.1, 0.15) is 5.65 Å². The fourth-order valence-electron chi connectivity index (χ4n) is 1.72. The molecule has 17 heavy (non-hydrogen) atoms. The van der Waals surface area contributed by atoms with Crippen LogP contribution in [0.5, 0.6) is 5.88 Å². The number of aromatic nitrogens is 2. The molecule has 0 aliphatic heterocycles. The van der Waals surface area contributed by atoms with E-state index in [4.69, 9.17) is 0 Å². The van der Waals surface area contributed by atoms with Crippen LogP contribution < -0.4 is 5.56 Å². The topological polar surface area (TPSA) is 54.6 Å². The molecule has 0 aromatic carbocycles. The molecule has 4 nitrogen and oxygen atoms in total. The monoisotopic (exact) mass is 230 g/mol. The van der Waals surface area contributed by atoms with Crippen molar-refractivity contribution in [3.05, 3.63) is 52.0 Å². The van der Waals surface area contributed by atoms with Crippen molar-refractivity contribution in [2.75, 3.05) is 0 Å². The third-order valence-electron chi connectivity index (χ3n) is 2.54. The fraction of sp³-hybridized carbons (Fsp3) is 0.231. The summed E-state index contributed by atoms with van der Waals surface area (Å²) in [5.41, 5.74) is 2.31. The molecule has 0 saturated heterocycles. The highest BCUT2D eigenvalue weighted by Crippen LogP contribution is 2.14. The first-order valence-electron chi connectivity index (χ1n) is 5.34. The van der Waals surface area contributed by atoms with E-state index in [-0.39, 0.29) is 11.4 Å². The summed E-state index contributed by atoms with van der Waals surface area (Å²) in [5, 5.41) is 9.76. The highest BCUT2D eigenvalue weighted by Gasteiger charge is 2.11. The summed E-state index contributed by atoms with van der Waals surface area (Å²) in [4.78, 5) is 16.1. The van der Waals surface area contributed by atoms with Gasteiger partial charge in [-0.3, -0.25) is 9.20 Å². The van der Waals surface area contributed by atoms with Gasteiger partial charge in [-0.2, -0.15) is 4.98 Å². The Morgan fingerprint density at radius 2 is 2.29 bits per heavy atom. The Labute approximate surface area is 98.9 Å². The van der Waals surface area contributed by atoms with Crippen molar-refractivity contribution >= 4 is 5.65 Å². The molecule has 0 aliphatic carbocycles. The summed E-state index contributed by atoms with van der Waals surface area (Å²) in [5.74, 6) is -0.205. The Balaban J connectivity index is 2.76. The third-order valence-corrected chi connectivity index (χ3v) is 2.54. The number of fused-ring (bicyclic) bond motifs is 1. The quantitative estimate of drug-likeness (QED) is 0.801. The van der Waals surface area contributed by atoms with Gasteiger partial charge in [-0.15, -0.1) is 0 Å². The van der Waals surface area contributed by atoms with Crippen molar-refractivity contribution in [2.24, 2.45) is 0 Å². The fourth-order valence-corrected chi connectivity index (χ4v) is 1.72. The molecule has 2 aromatic rings. The van der Waals surface area contributed by atoms with Gasteiger partial charge in [0.2, 0.25) is 5.88 Å². The molecular formula is C13H14N2O2. The van der Waals surface area contributed by atoms with Crippen LogP contribution in [-0.4, -0.2) is 14.5 Å². The molecule has 2 heterocycles. The van der Waals surface area contributed by atoms with Crippen molar-refractivity contribution in [3.63, 3.8) is 0 Å². The second kappa shape index (κ2) is 4.05. The molecular weight excluding hydrogens is 216 g/mol. The van der Waals surface area contributed by atoms with E-state index in [1.807, 2.05) is 19.9 Å². The molecule has 1 N–H and O–H groups in total. The van der Waals surface area contributed by atoms with Crippen LogP contribution in [0.2, 0.25) is 0 Å². The minimum atomic E-state index is -0.240. The molecule has 0 fully saturated rings. The molecule has 4 heteroatoms. The lowest BCUT2D eigenvalue weighted by Gasteiger charge is -2.06. The lowest BCUT2D eigenvalue weighted by atomic mass is 10.1. The Morgan fingerprint density at radius 1 is 1.59 bits per heavy atom. The highest BCUT2D eigenvalue weighted by molar-refractivity contribution is 5.45. The zero-order valence-electron chi connectivity index (χ0n) is 9.90. The van der Waals surface area contributed by atoms with E-state index in [1.165, 1.54) is 4.40 Å². The van der Waals surface area contributed by atoms with E-state index in [9.17, 15) is 9.90 Å². The van der Waals surface area contributed by atoms with Crippen LogP contribution >= 0.6 is 0 Å². The molecule has 0 atom stereocenters. The molecule has 0 radical (unpaired) electrons. The van der Waals surface area contributed by atoms with E-state index in [0.29, 0.717) is 17.6 Å².